The predicted octanol–water partition coefficient (Wildman–Crippen LogP) is 1.49. The predicted molar refractivity (Wildman–Crippen MR) is 81.2 cm³/mol. The van der Waals surface area contributed by atoms with Gasteiger partial charge in [-0.1, -0.05) is 44.2 Å². The molecule has 110 valence electrons. The van der Waals surface area contributed by atoms with Crippen molar-refractivity contribution in [1.82, 2.24) is 9.80 Å². The number of carbonyl (C=O) groups is 1. The highest BCUT2D eigenvalue weighted by molar-refractivity contribution is 5.82. The summed E-state index contributed by atoms with van der Waals surface area (Å²) >= 11 is 0. The zero-order valence-corrected chi connectivity index (χ0v) is 12.6. The van der Waals surface area contributed by atoms with Crippen LogP contribution in [-0.4, -0.2) is 48.4 Å². The number of hydrogen-bond acceptors (Lipinski definition) is 3. The van der Waals surface area contributed by atoms with Crippen LogP contribution in [0.15, 0.2) is 30.3 Å². The Morgan fingerprint density at radius 1 is 1.25 bits per heavy atom. The summed E-state index contributed by atoms with van der Waals surface area (Å²) in [5, 5.41) is 0. The summed E-state index contributed by atoms with van der Waals surface area (Å²) in [4.78, 5) is 16.8. The van der Waals surface area contributed by atoms with Crippen molar-refractivity contribution in [3.63, 3.8) is 0 Å². The highest BCUT2D eigenvalue weighted by Gasteiger charge is 2.33. The lowest BCUT2D eigenvalue weighted by Gasteiger charge is -2.41. The first kappa shape index (κ1) is 15.0. The minimum atomic E-state index is -0.412. The van der Waals surface area contributed by atoms with Crippen molar-refractivity contribution < 1.29 is 4.79 Å². The lowest BCUT2D eigenvalue weighted by Crippen LogP contribution is -2.54. The molecule has 1 saturated heterocycles. The number of amides is 1. The molecule has 1 aromatic rings. The van der Waals surface area contributed by atoms with E-state index in [-0.39, 0.29) is 17.9 Å². The van der Waals surface area contributed by atoms with Gasteiger partial charge in [0, 0.05) is 19.6 Å². The minimum absolute atomic E-state index is 0.0713. The Bertz CT molecular complexity index is 446. The van der Waals surface area contributed by atoms with Crippen molar-refractivity contribution in [3.8, 4) is 0 Å². The summed E-state index contributed by atoms with van der Waals surface area (Å²) in [7, 11) is 2.10. The van der Waals surface area contributed by atoms with Crippen molar-refractivity contribution in [3.05, 3.63) is 35.9 Å². The summed E-state index contributed by atoms with van der Waals surface area (Å²) in [5.74, 6) is 0.237. The van der Waals surface area contributed by atoms with Gasteiger partial charge < -0.3 is 15.5 Å². The Morgan fingerprint density at radius 3 is 2.50 bits per heavy atom. The van der Waals surface area contributed by atoms with E-state index in [1.807, 2.05) is 36.9 Å². The van der Waals surface area contributed by atoms with E-state index >= 15 is 0 Å². The number of rotatable bonds is 3. The first-order valence-electron chi connectivity index (χ1n) is 7.30. The van der Waals surface area contributed by atoms with Crippen LogP contribution in [0.3, 0.4) is 0 Å². The Morgan fingerprint density at radius 2 is 1.90 bits per heavy atom. The lowest BCUT2D eigenvalue weighted by atomic mass is 9.98. The van der Waals surface area contributed by atoms with Crippen LogP contribution in [-0.2, 0) is 4.79 Å². The molecule has 2 rings (SSSR count). The van der Waals surface area contributed by atoms with Gasteiger partial charge in [0.25, 0.3) is 0 Å². The molecule has 2 N–H and O–H groups in total. The second kappa shape index (κ2) is 6.37. The van der Waals surface area contributed by atoms with Gasteiger partial charge in [-0.15, -0.1) is 0 Å². The normalized spacial score (nSPS) is 22.1. The van der Waals surface area contributed by atoms with Crippen molar-refractivity contribution in [2.75, 3.05) is 26.7 Å². The van der Waals surface area contributed by atoms with E-state index in [1.54, 1.807) is 0 Å². The van der Waals surface area contributed by atoms with E-state index in [1.165, 1.54) is 5.56 Å². The molecule has 4 heteroatoms. The molecule has 1 unspecified atom stereocenters. The minimum Gasteiger partial charge on any atom is -0.332 e. The molecular formula is C16H25N3O. The molecule has 20 heavy (non-hydrogen) atoms. The fraction of sp³-hybridized carbons (Fsp3) is 0.562. The number of piperazine rings is 1. The molecule has 4 nitrogen and oxygen atoms in total. The quantitative estimate of drug-likeness (QED) is 0.909. The maximum absolute atomic E-state index is 12.6. The second-order valence-electron chi connectivity index (χ2n) is 5.99. The number of likely N-dealkylation sites (N-methyl/N-ethyl adjacent to an activating group) is 1. The van der Waals surface area contributed by atoms with Gasteiger partial charge in [0.1, 0.15) is 0 Å². The smallest absolute Gasteiger partial charge is 0.240 e. The molecule has 1 amide bonds. The summed E-state index contributed by atoms with van der Waals surface area (Å²) in [6.07, 6.45) is 0. The van der Waals surface area contributed by atoms with E-state index in [4.69, 9.17) is 5.73 Å². The van der Waals surface area contributed by atoms with Crippen molar-refractivity contribution >= 4 is 5.91 Å². The highest BCUT2D eigenvalue weighted by Crippen LogP contribution is 2.25. The van der Waals surface area contributed by atoms with Gasteiger partial charge in [-0.25, -0.2) is 0 Å². The number of benzene rings is 1. The van der Waals surface area contributed by atoms with Crippen LogP contribution in [0, 0.1) is 5.92 Å². The van der Waals surface area contributed by atoms with E-state index in [2.05, 4.69) is 24.1 Å². The van der Waals surface area contributed by atoms with Crippen LogP contribution in [0.4, 0.5) is 0 Å². The maximum Gasteiger partial charge on any atom is 0.240 e. The summed E-state index contributed by atoms with van der Waals surface area (Å²) < 4.78 is 0. The average Bonchev–Trinajstić information content (AvgIpc) is 2.46. The highest BCUT2D eigenvalue weighted by atomic mass is 16.2. The standard InChI is InChI=1S/C16H25N3O/c1-12(2)15(17)16(20)19-10-9-18(3)11-14(19)13-7-5-4-6-8-13/h4-8,12,14-15H,9-11,17H2,1-3H3/t14?,15-/m1/s1. The molecule has 1 heterocycles. The molecule has 0 bridgehead atoms. The first-order chi connectivity index (χ1) is 9.50. The number of carbonyl (C=O) groups excluding carboxylic acids is 1. The van der Waals surface area contributed by atoms with Crippen LogP contribution < -0.4 is 5.73 Å². The zero-order chi connectivity index (χ0) is 14.7. The van der Waals surface area contributed by atoms with E-state index < -0.39 is 6.04 Å². The van der Waals surface area contributed by atoms with Gasteiger partial charge in [-0.05, 0) is 18.5 Å². The molecule has 0 saturated carbocycles. The van der Waals surface area contributed by atoms with Crippen molar-refractivity contribution in [2.45, 2.75) is 25.9 Å². The Labute approximate surface area is 121 Å². The number of nitrogens with two attached hydrogens (primary N) is 1. The third-order valence-corrected chi connectivity index (χ3v) is 4.05. The van der Waals surface area contributed by atoms with E-state index in [0.29, 0.717) is 0 Å². The molecule has 1 aliphatic heterocycles. The van der Waals surface area contributed by atoms with E-state index in [0.717, 1.165) is 19.6 Å². The number of hydrogen-bond donors (Lipinski definition) is 1. The zero-order valence-electron chi connectivity index (χ0n) is 12.6. The maximum atomic E-state index is 12.6. The Balaban J connectivity index is 2.23. The number of nitrogens with zero attached hydrogens (tertiary/aromatic N) is 2. The van der Waals surface area contributed by atoms with Crippen molar-refractivity contribution in [2.24, 2.45) is 11.7 Å². The Hall–Kier alpha value is -1.39. The fourth-order valence-electron chi connectivity index (χ4n) is 2.62. The lowest BCUT2D eigenvalue weighted by molar-refractivity contribution is -0.138. The molecule has 2 atom stereocenters. The summed E-state index contributed by atoms with van der Waals surface area (Å²) in [6, 6.07) is 9.92. The molecule has 0 spiro atoms. The molecule has 0 radical (unpaired) electrons. The molecule has 0 aliphatic carbocycles. The largest absolute Gasteiger partial charge is 0.332 e. The molecule has 1 aliphatic rings. The van der Waals surface area contributed by atoms with Crippen molar-refractivity contribution in [1.29, 1.82) is 0 Å². The Kier molecular flexibility index (Phi) is 4.78. The summed E-state index contributed by atoms with van der Waals surface area (Å²) in [6.45, 7) is 6.50. The third kappa shape index (κ3) is 3.19. The van der Waals surface area contributed by atoms with Crippen LogP contribution in [0.1, 0.15) is 25.5 Å². The van der Waals surface area contributed by atoms with Gasteiger partial charge in [-0.2, -0.15) is 0 Å². The van der Waals surface area contributed by atoms with Crippen LogP contribution in [0.2, 0.25) is 0 Å². The fourth-order valence-corrected chi connectivity index (χ4v) is 2.62. The van der Waals surface area contributed by atoms with Gasteiger partial charge in [0.2, 0.25) is 5.91 Å². The molecular weight excluding hydrogens is 250 g/mol. The molecule has 1 fully saturated rings. The monoisotopic (exact) mass is 275 g/mol. The second-order valence-corrected chi connectivity index (χ2v) is 5.99. The molecule has 0 aromatic heterocycles. The van der Waals surface area contributed by atoms with Crippen LogP contribution in [0.25, 0.3) is 0 Å². The third-order valence-electron chi connectivity index (χ3n) is 4.05. The van der Waals surface area contributed by atoms with E-state index in [9.17, 15) is 4.79 Å². The molecule has 1 aromatic carbocycles. The SMILES string of the molecule is CC(C)[C@@H](N)C(=O)N1CCN(C)CC1c1ccccc1. The average molecular weight is 275 g/mol. The first-order valence-corrected chi connectivity index (χ1v) is 7.30. The van der Waals surface area contributed by atoms with Gasteiger partial charge >= 0.3 is 0 Å². The van der Waals surface area contributed by atoms with Crippen LogP contribution >= 0.6 is 0 Å². The van der Waals surface area contributed by atoms with Gasteiger partial charge in [0.15, 0.2) is 0 Å². The van der Waals surface area contributed by atoms with Gasteiger partial charge in [-0.3, -0.25) is 4.79 Å². The van der Waals surface area contributed by atoms with Gasteiger partial charge in [0.05, 0.1) is 12.1 Å². The summed E-state index contributed by atoms with van der Waals surface area (Å²) in [5.41, 5.74) is 7.24. The topological polar surface area (TPSA) is 49.6 Å². The van der Waals surface area contributed by atoms with Crippen LogP contribution in [0.5, 0.6) is 0 Å².